The molecule has 0 saturated carbocycles. The third-order valence-corrected chi connectivity index (χ3v) is 4.23. The third-order valence-electron chi connectivity index (χ3n) is 3.73. The number of hydrogen-bond acceptors (Lipinski definition) is 4. The van der Waals surface area contributed by atoms with Gasteiger partial charge in [0.05, 0.1) is 19.0 Å². The van der Waals surface area contributed by atoms with Gasteiger partial charge in [0.25, 0.3) is 5.91 Å². The number of halogens is 1. The lowest BCUT2D eigenvalue weighted by Gasteiger charge is -2.05. The highest BCUT2D eigenvalue weighted by Crippen LogP contribution is 2.21. The molecule has 0 bridgehead atoms. The van der Waals surface area contributed by atoms with Crippen LogP contribution in [0.2, 0.25) is 0 Å². The monoisotopic (exact) mass is 400 g/mol. The van der Waals surface area contributed by atoms with E-state index in [1.165, 1.54) is 0 Å². The van der Waals surface area contributed by atoms with Crippen molar-refractivity contribution in [3.05, 3.63) is 63.5 Å². The number of hydrogen-bond donors (Lipinski definition) is 1. The lowest BCUT2D eigenvalue weighted by Crippen LogP contribution is -2.20. The first-order chi connectivity index (χ1) is 12.0. The Morgan fingerprint density at radius 1 is 1.32 bits per heavy atom. The SMILES string of the molecule is COc1ccc(Br)cc1/C=N\NC(=O)c1c(C)nc2cc(C)ccn12. The average Bonchev–Trinajstić information content (AvgIpc) is 2.89. The number of ether oxygens (including phenoxy) is 1. The first kappa shape index (κ1) is 17.2. The van der Waals surface area contributed by atoms with Gasteiger partial charge in [-0.1, -0.05) is 15.9 Å². The molecule has 0 unspecified atom stereocenters. The topological polar surface area (TPSA) is 68.0 Å². The second kappa shape index (κ2) is 7.06. The molecule has 0 atom stereocenters. The Bertz CT molecular complexity index is 979. The number of imidazole rings is 1. The summed E-state index contributed by atoms with van der Waals surface area (Å²) in [5.74, 6) is 0.349. The van der Waals surface area contributed by atoms with E-state index in [9.17, 15) is 4.79 Å². The van der Waals surface area contributed by atoms with Crippen molar-refractivity contribution < 1.29 is 9.53 Å². The molecule has 1 N–H and O–H groups in total. The fourth-order valence-electron chi connectivity index (χ4n) is 2.56. The number of rotatable bonds is 4. The Labute approximate surface area is 153 Å². The molecule has 0 spiro atoms. The maximum atomic E-state index is 12.5. The van der Waals surface area contributed by atoms with Crippen molar-refractivity contribution in [2.45, 2.75) is 13.8 Å². The molecule has 7 heteroatoms. The smallest absolute Gasteiger partial charge is 0.290 e. The Kier molecular flexibility index (Phi) is 4.85. The molecule has 2 aromatic heterocycles. The zero-order valence-electron chi connectivity index (χ0n) is 14.1. The van der Waals surface area contributed by atoms with Gasteiger partial charge < -0.3 is 4.74 Å². The summed E-state index contributed by atoms with van der Waals surface area (Å²) in [7, 11) is 1.59. The Hall–Kier alpha value is -2.67. The number of benzene rings is 1. The normalized spacial score (nSPS) is 11.2. The Morgan fingerprint density at radius 3 is 2.88 bits per heavy atom. The number of aryl methyl sites for hydroxylation is 2. The highest BCUT2D eigenvalue weighted by atomic mass is 79.9. The van der Waals surface area contributed by atoms with Gasteiger partial charge in [-0.05, 0) is 49.7 Å². The number of amides is 1. The number of carbonyl (C=O) groups excluding carboxylic acids is 1. The molecule has 0 aliphatic heterocycles. The summed E-state index contributed by atoms with van der Waals surface area (Å²) in [6.07, 6.45) is 3.38. The summed E-state index contributed by atoms with van der Waals surface area (Å²) in [4.78, 5) is 16.9. The van der Waals surface area contributed by atoms with E-state index in [4.69, 9.17) is 4.74 Å². The van der Waals surface area contributed by atoms with Crippen molar-refractivity contribution in [1.29, 1.82) is 0 Å². The number of nitrogens with one attached hydrogen (secondary N) is 1. The number of aromatic nitrogens is 2. The van der Waals surface area contributed by atoms with E-state index < -0.39 is 0 Å². The van der Waals surface area contributed by atoms with Gasteiger partial charge in [0.1, 0.15) is 17.1 Å². The summed E-state index contributed by atoms with van der Waals surface area (Å²) in [5.41, 5.74) is 6.24. The number of carbonyl (C=O) groups is 1. The van der Waals surface area contributed by atoms with Crippen LogP contribution in [0.5, 0.6) is 5.75 Å². The predicted octanol–water partition coefficient (Wildman–Crippen LogP) is 3.49. The molecule has 25 heavy (non-hydrogen) atoms. The average molecular weight is 401 g/mol. The maximum absolute atomic E-state index is 12.5. The fourth-order valence-corrected chi connectivity index (χ4v) is 2.94. The third kappa shape index (κ3) is 3.56. The van der Waals surface area contributed by atoms with E-state index in [0.717, 1.165) is 21.2 Å². The second-order valence-electron chi connectivity index (χ2n) is 5.56. The number of pyridine rings is 1. The second-order valence-corrected chi connectivity index (χ2v) is 6.48. The minimum absolute atomic E-state index is 0.320. The summed E-state index contributed by atoms with van der Waals surface area (Å²) >= 11 is 3.40. The van der Waals surface area contributed by atoms with Gasteiger partial charge >= 0.3 is 0 Å². The summed E-state index contributed by atoms with van der Waals surface area (Å²) in [6, 6.07) is 9.42. The molecule has 0 fully saturated rings. The van der Waals surface area contributed by atoms with Crippen LogP contribution in [0.15, 0.2) is 46.1 Å². The Morgan fingerprint density at radius 2 is 2.12 bits per heavy atom. The van der Waals surface area contributed by atoms with Crippen LogP contribution >= 0.6 is 15.9 Å². The van der Waals surface area contributed by atoms with Crippen LogP contribution < -0.4 is 10.2 Å². The summed E-state index contributed by atoms with van der Waals surface area (Å²) in [5, 5.41) is 4.05. The van der Waals surface area contributed by atoms with E-state index in [1.807, 2.05) is 43.5 Å². The van der Waals surface area contributed by atoms with Crippen LogP contribution in [-0.2, 0) is 0 Å². The van der Waals surface area contributed by atoms with Crippen LogP contribution in [0.25, 0.3) is 5.65 Å². The Balaban J connectivity index is 1.84. The van der Waals surface area contributed by atoms with Crippen molar-refractivity contribution in [2.24, 2.45) is 5.10 Å². The van der Waals surface area contributed by atoms with E-state index >= 15 is 0 Å². The number of nitrogens with zero attached hydrogens (tertiary/aromatic N) is 3. The number of fused-ring (bicyclic) bond motifs is 1. The van der Waals surface area contributed by atoms with E-state index in [0.29, 0.717) is 17.1 Å². The van der Waals surface area contributed by atoms with Gasteiger partial charge in [-0.25, -0.2) is 10.4 Å². The van der Waals surface area contributed by atoms with Crippen LogP contribution in [-0.4, -0.2) is 28.6 Å². The van der Waals surface area contributed by atoms with Crippen molar-refractivity contribution in [1.82, 2.24) is 14.8 Å². The molecular weight excluding hydrogens is 384 g/mol. The maximum Gasteiger partial charge on any atom is 0.290 e. The largest absolute Gasteiger partial charge is 0.496 e. The molecule has 128 valence electrons. The van der Waals surface area contributed by atoms with Crippen molar-refractivity contribution in [3.63, 3.8) is 0 Å². The van der Waals surface area contributed by atoms with Crippen molar-refractivity contribution in [3.8, 4) is 5.75 Å². The minimum Gasteiger partial charge on any atom is -0.496 e. The summed E-state index contributed by atoms with van der Waals surface area (Å²) < 4.78 is 7.93. The molecule has 2 heterocycles. The lowest BCUT2D eigenvalue weighted by atomic mass is 10.2. The molecular formula is C18H17BrN4O2. The highest BCUT2D eigenvalue weighted by molar-refractivity contribution is 9.10. The van der Waals surface area contributed by atoms with E-state index in [2.05, 4.69) is 31.4 Å². The zero-order chi connectivity index (χ0) is 18.0. The summed E-state index contributed by atoms with van der Waals surface area (Å²) in [6.45, 7) is 3.79. The molecule has 0 aliphatic carbocycles. The van der Waals surface area contributed by atoms with Gasteiger partial charge in [0.15, 0.2) is 0 Å². The number of hydrazone groups is 1. The molecule has 1 amide bonds. The van der Waals surface area contributed by atoms with Crippen LogP contribution in [0.1, 0.15) is 27.3 Å². The fraction of sp³-hybridized carbons (Fsp3) is 0.167. The first-order valence-corrected chi connectivity index (χ1v) is 8.41. The van der Waals surface area contributed by atoms with Gasteiger partial charge in [-0.2, -0.15) is 5.10 Å². The van der Waals surface area contributed by atoms with Crippen LogP contribution in [0.4, 0.5) is 0 Å². The molecule has 0 aliphatic rings. The van der Waals surface area contributed by atoms with Gasteiger partial charge in [-0.3, -0.25) is 9.20 Å². The van der Waals surface area contributed by atoms with Crippen molar-refractivity contribution in [2.75, 3.05) is 7.11 Å². The van der Waals surface area contributed by atoms with Gasteiger partial charge in [-0.15, -0.1) is 0 Å². The molecule has 6 nitrogen and oxygen atoms in total. The molecule has 0 saturated heterocycles. The van der Waals surface area contributed by atoms with E-state index in [-0.39, 0.29) is 5.91 Å². The number of methoxy groups -OCH3 is 1. The molecule has 3 aromatic rings. The first-order valence-electron chi connectivity index (χ1n) is 7.62. The molecule has 0 radical (unpaired) electrons. The van der Waals surface area contributed by atoms with Crippen LogP contribution in [0, 0.1) is 13.8 Å². The van der Waals surface area contributed by atoms with Crippen LogP contribution in [0.3, 0.4) is 0 Å². The van der Waals surface area contributed by atoms with Gasteiger partial charge in [0, 0.05) is 16.2 Å². The van der Waals surface area contributed by atoms with Gasteiger partial charge in [0.2, 0.25) is 0 Å². The lowest BCUT2D eigenvalue weighted by molar-refractivity contribution is 0.0948. The quantitative estimate of drug-likeness (QED) is 0.538. The van der Waals surface area contributed by atoms with Crippen molar-refractivity contribution >= 4 is 33.7 Å². The molecule has 3 rings (SSSR count). The minimum atomic E-state index is -0.320. The standard InChI is InChI=1S/C18H17BrN4O2/c1-11-6-7-23-16(8-11)21-12(2)17(23)18(24)22-20-10-13-9-14(19)4-5-15(13)25-3/h4-10H,1-3H3,(H,22,24)/b20-10-. The predicted molar refractivity (Wildman–Crippen MR) is 100 cm³/mol. The zero-order valence-corrected chi connectivity index (χ0v) is 15.7. The highest BCUT2D eigenvalue weighted by Gasteiger charge is 2.16. The molecule has 1 aromatic carbocycles. The van der Waals surface area contributed by atoms with E-state index in [1.54, 1.807) is 24.6 Å².